The van der Waals surface area contributed by atoms with Gasteiger partial charge in [0.15, 0.2) is 5.16 Å². The van der Waals surface area contributed by atoms with Crippen molar-refractivity contribution >= 4 is 62.2 Å². The molecule has 0 aliphatic carbocycles. The monoisotopic (exact) mass is 485 g/mol. The lowest BCUT2D eigenvalue weighted by Crippen LogP contribution is -2.21. The predicted octanol–water partition coefficient (Wildman–Crippen LogP) is 4.63. The molecule has 164 valence electrons. The lowest BCUT2D eigenvalue weighted by atomic mass is 10.2. The number of thioether (sulfide) groups is 1. The minimum absolute atomic E-state index is 0.0364. The number of nitrogens with zero attached hydrogens (tertiary/aromatic N) is 2. The zero-order valence-corrected chi connectivity index (χ0v) is 19.7. The number of fused-ring (bicyclic) bond motifs is 1. The molecule has 0 radical (unpaired) electrons. The molecule has 4 rings (SSSR count). The van der Waals surface area contributed by atoms with E-state index in [0.29, 0.717) is 25.9 Å². The number of carbonyl (C=O) groups excluding carboxylic acids is 2. The fourth-order valence-corrected chi connectivity index (χ4v) is 5.58. The normalized spacial score (nSPS) is 10.9. The number of benzene rings is 1. The van der Waals surface area contributed by atoms with Crippen LogP contribution >= 0.6 is 34.4 Å². The first kappa shape index (κ1) is 22.3. The maximum Gasteiger partial charge on any atom is 0.350 e. The van der Waals surface area contributed by atoms with Crippen LogP contribution in [-0.4, -0.2) is 33.8 Å². The van der Waals surface area contributed by atoms with Crippen molar-refractivity contribution in [3.63, 3.8) is 0 Å². The van der Waals surface area contributed by atoms with Crippen molar-refractivity contribution in [2.24, 2.45) is 7.05 Å². The number of nitrogens with one attached hydrogen (secondary N) is 1. The highest BCUT2D eigenvalue weighted by Gasteiger charge is 2.20. The molecule has 3 aromatic heterocycles. The van der Waals surface area contributed by atoms with Crippen LogP contribution in [0.2, 0.25) is 0 Å². The molecule has 10 heteroatoms. The molecular weight excluding hydrogens is 466 g/mol. The summed E-state index contributed by atoms with van der Waals surface area (Å²) in [5.41, 5.74) is 1.84. The first-order valence-corrected chi connectivity index (χ1v) is 12.4. The average Bonchev–Trinajstić information content (AvgIpc) is 3.43. The van der Waals surface area contributed by atoms with E-state index in [9.17, 15) is 14.4 Å². The Bertz CT molecular complexity index is 1340. The number of hydrogen-bond donors (Lipinski definition) is 1. The maximum absolute atomic E-state index is 12.7. The lowest BCUT2D eigenvalue weighted by molar-refractivity contribution is -0.113. The lowest BCUT2D eigenvalue weighted by Gasteiger charge is -2.08. The number of carbonyl (C=O) groups is 2. The van der Waals surface area contributed by atoms with Crippen LogP contribution in [0, 0.1) is 0 Å². The molecule has 32 heavy (non-hydrogen) atoms. The van der Waals surface area contributed by atoms with Crippen LogP contribution in [-0.2, 0) is 16.6 Å². The molecule has 1 aromatic carbocycles. The van der Waals surface area contributed by atoms with Crippen molar-refractivity contribution in [1.82, 2.24) is 9.55 Å². The number of rotatable bonds is 7. The van der Waals surface area contributed by atoms with Crippen LogP contribution < -0.4 is 10.9 Å². The Morgan fingerprint density at radius 1 is 1.22 bits per heavy atom. The van der Waals surface area contributed by atoms with Gasteiger partial charge < -0.3 is 10.1 Å². The number of amides is 1. The third kappa shape index (κ3) is 4.62. The molecule has 0 atom stereocenters. The fourth-order valence-electron chi connectivity index (χ4n) is 2.99. The molecule has 3 heterocycles. The second-order valence-corrected chi connectivity index (χ2v) is 9.58. The molecule has 0 unspecified atom stereocenters. The van der Waals surface area contributed by atoms with Gasteiger partial charge in [-0.1, -0.05) is 42.1 Å². The Hall–Kier alpha value is -2.95. The quantitative estimate of drug-likeness (QED) is 0.233. The highest BCUT2D eigenvalue weighted by Crippen LogP contribution is 2.35. The summed E-state index contributed by atoms with van der Waals surface area (Å²) in [4.78, 5) is 43.2. The van der Waals surface area contributed by atoms with Gasteiger partial charge in [0.25, 0.3) is 5.56 Å². The highest BCUT2D eigenvalue weighted by atomic mass is 32.2. The largest absolute Gasteiger partial charge is 0.462 e. The molecular formula is C22H19N3O4S3. The van der Waals surface area contributed by atoms with Gasteiger partial charge in [-0.2, -0.15) is 0 Å². The van der Waals surface area contributed by atoms with Gasteiger partial charge in [0.1, 0.15) is 9.58 Å². The summed E-state index contributed by atoms with van der Waals surface area (Å²) in [7, 11) is 1.64. The first-order chi connectivity index (χ1) is 15.5. The topological polar surface area (TPSA) is 90.3 Å². The summed E-state index contributed by atoms with van der Waals surface area (Å²) < 4.78 is 7.19. The Morgan fingerprint density at radius 3 is 2.75 bits per heavy atom. The van der Waals surface area contributed by atoms with Crippen molar-refractivity contribution in [3.05, 3.63) is 63.1 Å². The minimum Gasteiger partial charge on any atom is -0.462 e. The van der Waals surface area contributed by atoms with E-state index in [1.807, 2.05) is 35.7 Å². The summed E-state index contributed by atoms with van der Waals surface area (Å²) in [6, 6.07) is 13.2. The average molecular weight is 486 g/mol. The van der Waals surface area contributed by atoms with E-state index in [2.05, 4.69) is 10.3 Å². The summed E-state index contributed by atoms with van der Waals surface area (Å²) in [6.45, 7) is 1.98. The van der Waals surface area contributed by atoms with Crippen molar-refractivity contribution in [3.8, 4) is 10.4 Å². The van der Waals surface area contributed by atoms with Crippen LogP contribution in [0.25, 0.3) is 20.7 Å². The van der Waals surface area contributed by atoms with Gasteiger partial charge in [0.05, 0.1) is 23.6 Å². The molecule has 7 nitrogen and oxygen atoms in total. The summed E-state index contributed by atoms with van der Waals surface area (Å²) >= 11 is 3.78. The number of ether oxygens (including phenoxy) is 1. The summed E-state index contributed by atoms with van der Waals surface area (Å²) in [5.74, 6) is -0.749. The van der Waals surface area contributed by atoms with Gasteiger partial charge in [-0.05, 0) is 30.0 Å². The first-order valence-electron chi connectivity index (χ1n) is 9.71. The molecule has 0 saturated heterocycles. The molecule has 4 aromatic rings. The van der Waals surface area contributed by atoms with Crippen LogP contribution in [0.15, 0.2) is 57.8 Å². The van der Waals surface area contributed by atoms with Crippen LogP contribution in [0.5, 0.6) is 0 Å². The Morgan fingerprint density at radius 2 is 2.00 bits per heavy atom. The number of aromatic nitrogens is 2. The molecule has 0 fully saturated rings. The van der Waals surface area contributed by atoms with Crippen molar-refractivity contribution in [2.45, 2.75) is 12.1 Å². The van der Waals surface area contributed by atoms with E-state index in [1.54, 1.807) is 26.1 Å². The van der Waals surface area contributed by atoms with Crippen LogP contribution in [0.1, 0.15) is 16.6 Å². The molecule has 0 saturated carbocycles. The molecule has 1 amide bonds. The van der Waals surface area contributed by atoms with Gasteiger partial charge in [-0.15, -0.1) is 22.7 Å². The molecule has 0 bridgehead atoms. The molecule has 0 aliphatic heterocycles. The predicted molar refractivity (Wildman–Crippen MR) is 130 cm³/mol. The van der Waals surface area contributed by atoms with Gasteiger partial charge in [0.2, 0.25) is 5.91 Å². The van der Waals surface area contributed by atoms with Crippen molar-refractivity contribution in [1.29, 1.82) is 0 Å². The second kappa shape index (κ2) is 9.68. The van der Waals surface area contributed by atoms with Gasteiger partial charge in [0, 0.05) is 11.9 Å². The van der Waals surface area contributed by atoms with Crippen molar-refractivity contribution in [2.75, 3.05) is 17.7 Å². The Balaban J connectivity index is 1.53. The number of anilines is 1. The standard InChI is InChI=1S/C22H19N3O4S3/c1-3-29-21(28)19-15(11-16(32-19)13-7-5-4-6-8-13)23-17(26)12-31-22-24-14-9-10-30-18(14)20(27)25(22)2/h4-11H,3,12H2,1-2H3,(H,23,26). The summed E-state index contributed by atoms with van der Waals surface area (Å²) in [6.07, 6.45) is 0. The van der Waals surface area contributed by atoms with Crippen molar-refractivity contribution < 1.29 is 14.3 Å². The van der Waals surface area contributed by atoms with Gasteiger partial charge in [-0.25, -0.2) is 9.78 Å². The van der Waals surface area contributed by atoms with E-state index in [1.165, 1.54) is 39.0 Å². The molecule has 0 aliphatic rings. The van der Waals surface area contributed by atoms with E-state index in [-0.39, 0.29) is 23.8 Å². The smallest absolute Gasteiger partial charge is 0.350 e. The highest BCUT2D eigenvalue weighted by molar-refractivity contribution is 7.99. The van der Waals surface area contributed by atoms with Crippen LogP contribution in [0.3, 0.4) is 0 Å². The fraction of sp³-hybridized carbons (Fsp3) is 0.182. The third-order valence-electron chi connectivity index (χ3n) is 4.50. The van der Waals surface area contributed by atoms with E-state index in [0.717, 1.165) is 10.4 Å². The number of hydrogen-bond acceptors (Lipinski definition) is 8. The second-order valence-electron chi connectivity index (χ2n) is 6.67. The SMILES string of the molecule is CCOC(=O)c1sc(-c2ccccc2)cc1NC(=O)CSc1nc2ccsc2c(=O)n1C. The van der Waals surface area contributed by atoms with Gasteiger partial charge in [-0.3, -0.25) is 14.2 Å². The Kier molecular flexibility index (Phi) is 6.73. The zero-order valence-electron chi connectivity index (χ0n) is 17.3. The van der Waals surface area contributed by atoms with E-state index < -0.39 is 5.97 Å². The minimum atomic E-state index is -0.477. The third-order valence-corrected chi connectivity index (χ3v) is 7.59. The van der Waals surface area contributed by atoms with E-state index >= 15 is 0 Å². The maximum atomic E-state index is 12.7. The summed E-state index contributed by atoms with van der Waals surface area (Å²) in [5, 5.41) is 5.09. The number of thiophene rings is 2. The van der Waals surface area contributed by atoms with E-state index in [4.69, 9.17) is 4.74 Å². The molecule has 0 spiro atoms. The Labute approximate surface area is 196 Å². The number of esters is 1. The van der Waals surface area contributed by atoms with Gasteiger partial charge >= 0.3 is 5.97 Å². The zero-order chi connectivity index (χ0) is 22.7. The van der Waals surface area contributed by atoms with Crippen LogP contribution in [0.4, 0.5) is 5.69 Å². The molecule has 1 N–H and O–H groups in total.